The van der Waals surface area contributed by atoms with Crippen molar-refractivity contribution in [2.75, 3.05) is 13.2 Å². The molecule has 0 N–H and O–H groups in total. The maximum absolute atomic E-state index is 14.9. The average Bonchev–Trinajstić information content (AvgIpc) is 2.84. The molecule has 0 saturated carbocycles. The highest BCUT2D eigenvalue weighted by molar-refractivity contribution is 5.71. The predicted octanol–water partition coefficient (Wildman–Crippen LogP) is 7.38. The van der Waals surface area contributed by atoms with Gasteiger partial charge in [-0.1, -0.05) is 68.0 Å². The highest BCUT2D eigenvalue weighted by Gasteiger charge is 2.27. The number of aryl methyl sites for hydroxylation is 1. The predicted molar refractivity (Wildman–Crippen MR) is 119 cm³/mol. The Morgan fingerprint density at radius 2 is 1.33 bits per heavy atom. The Hall–Kier alpha value is -2.96. The molecule has 3 aromatic rings. The summed E-state index contributed by atoms with van der Waals surface area (Å²) in [6, 6.07) is 12.2. The molecule has 3 aromatic carbocycles. The van der Waals surface area contributed by atoms with E-state index in [1.54, 1.807) is 36.4 Å². The molecule has 1 heterocycles. The lowest BCUT2D eigenvalue weighted by molar-refractivity contribution is -0.198. The number of benzene rings is 3. The van der Waals surface area contributed by atoms with Gasteiger partial charge in [-0.05, 0) is 23.1 Å². The van der Waals surface area contributed by atoms with Crippen LogP contribution >= 0.6 is 0 Å². The molecule has 1 saturated heterocycles. The summed E-state index contributed by atoms with van der Waals surface area (Å²) in [5, 5.41) is 0. The van der Waals surface area contributed by atoms with E-state index < -0.39 is 29.6 Å². The summed E-state index contributed by atoms with van der Waals surface area (Å²) in [6.07, 6.45) is 1.87. The normalized spacial score (nSPS) is 18.3. The van der Waals surface area contributed by atoms with Crippen LogP contribution in [0.3, 0.4) is 0 Å². The minimum atomic E-state index is -1.04. The van der Waals surface area contributed by atoms with E-state index in [2.05, 4.69) is 6.58 Å². The summed E-state index contributed by atoms with van der Waals surface area (Å²) in [6.45, 7) is 6.19. The Morgan fingerprint density at radius 1 is 0.788 bits per heavy atom. The van der Waals surface area contributed by atoms with Gasteiger partial charge in [0.25, 0.3) is 0 Å². The first-order valence-corrected chi connectivity index (χ1v) is 10.9. The van der Waals surface area contributed by atoms with Gasteiger partial charge in [0.05, 0.1) is 13.2 Å². The zero-order valence-electron chi connectivity index (χ0n) is 18.2. The van der Waals surface area contributed by atoms with Gasteiger partial charge in [0.15, 0.2) is 29.6 Å². The third-order valence-electron chi connectivity index (χ3n) is 5.81. The Balaban J connectivity index is 1.59. The van der Waals surface area contributed by atoms with E-state index in [0.29, 0.717) is 42.7 Å². The molecule has 1 fully saturated rings. The molecule has 0 spiro atoms. The van der Waals surface area contributed by atoms with Gasteiger partial charge in [-0.3, -0.25) is 0 Å². The van der Waals surface area contributed by atoms with Crippen LogP contribution in [0.2, 0.25) is 0 Å². The van der Waals surface area contributed by atoms with Gasteiger partial charge in [-0.25, -0.2) is 17.6 Å². The molecule has 4 rings (SSSR count). The van der Waals surface area contributed by atoms with E-state index in [0.717, 1.165) is 0 Å². The Morgan fingerprint density at radius 3 is 1.88 bits per heavy atom. The van der Waals surface area contributed by atoms with Gasteiger partial charge in [-0.15, -0.1) is 6.58 Å². The van der Waals surface area contributed by atoms with Gasteiger partial charge in [0.1, 0.15) is 0 Å². The lowest BCUT2D eigenvalue weighted by atomic mass is 9.97. The molecule has 0 amide bonds. The number of hydrogen-bond acceptors (Lipinski definition) is 2. The van der Waals surface area contributed by atoms with Crippen LogP contribution in [0, 0.1) is 29.2 Å². The zero-order chi connectivity index (χ0) is 23.5. The van der Waals surface area contributed by atoms with Crippen LogP contribution in [0.25, 0.3) is 22.3 Å². The van der Waals surface area contributed by atoms with Gasteiger partial charge >= 0.3 is 0 Å². The second-order valence-electron chi connectivity index (χ2n) is 8.05. The summed E-state index contributed by atoms with van der Waals surface area (Å²) in [5.74, 6) is -3.83. The summed E-state index contributed by atoms with van der Waals surface area (Å²) < 4.78 is 69.6. The van der Waals surface area contributed by atoms with Crippen LogP contribution < -0.4 is 0 Å². The Labute approximate surface area is 190 Å². The average molecular weight is 456 g/mol. The van der Waals surface area contributed by atoms with Crippen molar-refractivity contribution in [3.05, 3.63) is 95.6 Å². The van der Waals surface area contributed by atoms with E-state index in [9.17, 15) is 17.6 Å². The third-order valence-corrected chi connectivity index (χ3v) is 5.81. The zero-order valence-corrected chi connectivity index (χ0v) is 18.2. The number of halogens is 4. The van der Waals surface area contributed by atoms with Gasteiger partial charge < -0.3 is 9.47 Å². The summed E-state index contributed by atoms with van der Waals surface area (Å²) in [4.78, 5) is 0. The highest BCUT2D eigenvalue weighted by Crippen LogP contribution is 2.34. The fraction of sp³-hybridized carbons (Fsp3) is 0.259. The number of ether oxygens (including phenoxy) is 2. The molecule has 172 valence electrons. The lowest BCUT2D eigenvalue weighted by Gasteiger charge is -2.28. The van der Waals surface area contributed by atoms with E-state index in [1.807, 2.05) is 6.92 Å². The molecule has 1 aliphatic heterocycles. The Kier molecular flexibility index (Phi) is 6.96. The van der Waals surface area contributed by atoms with Crippen LogP contribution in [0.1, 0.15) is 30.8 Å². The smallest absolute Gasteiger partial charge is 0.186 e. The first-order valence-electron chi connectivity index (χ1n) is 10.9. The molecular weight excluding hydrogens is 432 g/mol. The number of hydrogen-bond donors (Lipinski definition) is 0. The molecule has 0 aromatic heterocycles. The van der Waals surface area contributed by atoms with Crippen LogP contribution in [0.5, 0.6) is 0 Å². The molecule has 0 unspecified atom stereocenters. The maximum Gasteiger partial charge on any atom is 0.186 e. The number of rotatable bonds is 6. The lowest BCUT2D eigenvalue weighted by Crippen LogP contribution is -2.26. The van der Waals surface area contributed by atoms with E-state index in [4.69, 9.17) is 9.47 Å². The topological polar surface area (TPSA) is 18.5 Å². The molecule has 0 bridgehead atoms. The molecule has 0 aliphatic carbocycles. The van der Waals surface area contributed by atoms with Crippen molar-refractivity contribution >= 4 is 0 Å². The van der Waals surface area contributed by atoms with Crippen LogP contribution in [0.4, 0.5) is 17.6 Å². The van der Waals surface area contributed by atoms with E-state index in [-0.39, 0.29) is 22.6 Å². The maximum atomic E-state index is 14.9. The second-order valence-corrected chi connectivity index (χ2v) is 8.05. The first-order chi connectivity index (χ1) is 15.9. The van der Waals surface area contributed by atoms with Crippen LogP contribution in [-0.2, 0) is 15.9 Å². The molecule has 33 heavy (non-hydrogen) atoms. The van der Waals surface area contributed by atoms with Gasteiger partial charge in [-0.2, -0.15) is 0 Å². The minimum Gasteiger partial charge on any atom is -0.348 e. The SMILES string of the molecule is C=CC1COC(c2ccc(-c3ccc(-c4ccc(CCC)c(F)c4F)cc3)c(F)c2F)OC1. The monoisotopic (exact) mass is 456 g/mol. The summed E-state index contributed by atoms with van der Waals surface area (Å²) in [7, 11) is 0. The van der Waals surface area contributed by atoms with Gasteiger partial charge in [0.2, 0.25) is 0 Å². The van der Waals surface area contributed by atoms with Crippen LogP contribution in [-0.4, -0.2) is 13.2 Å². The highest BCUT2D eigenvalue weighted by atomic mass is 19.2. The van der Waals surface area contributed by atoms with Crippen molar-refractivity contribution in [3.63, 3.8) is 0 Å². The van der Waals surface area contributed by atoms with E-state index in [1.165, 1.54) is 18.2 Å². The minimum absolute atomic E-state index is 0.00751. The quantitative estimate of drug-likeness (QED) is 0.285. The Bertz CT molecular complexity index is 1150. The van der Waals surface area contributed by atoms with Crippen molar-refractivity contribution in [1.82, 2.24) is 0 Å². The molecule has 1 aliphatic rings. The van der Waals surface area contributed by atoms with Crippen molar-refractivity contribution in [2.24, 2.45) is 5.92 Å². The summed E-state index contributed by atoms with van der Waals surface area (Å²) in [5.41, 5.74) is 1.33. The largest absolute Gasteiger partial charge is 0.348 e. The molecule has 2 nitrogen and oxygen atoms in total. The standard InChI is InChI=1S/C27H24F4O2/c1-3-5-19-10-11-20(24(29)23(19)28)17-6-8-18(9-7-17)21-12-13-22(26(31)25(21)30)27-32-14-16(4-2)15-33-27/h4,6-13,16,27H,2-3,5,14-15H2,1H3. The van der Waals surface area contributed by atoms with E-state index >= 15 is 0 Å². The fourth-order valence-electron chi connectivity index (χ4n) is 3.91. The van der Waals surface area contributed by atoms with Crippen molar-refractivity contribution in [1.29, 1.82) is 0 Å². The van der Waals surface area contributed by atoms with Crippen molar-refractivity contribution in [2.45, 2.75) is 26.1 Å². The molecular formula is C27H24F4O2. The molecule has 0 radical (unpaired) electrons. The molecule has 0 atom stereocenters. The first kappa shape index (κ1) is 23.2. The fourth-order valence-corrected chi connectivity index (χ4v) is 3.91. The summed E-state index contributed by atoms with van der Waals surface area (Å²) >= 11 is 0. The van der Waals surface area contributed by atoms with Gasteiger partial charge in [0, 0.05) is 22.6 Å². The molecule has 6 heteroatoms. The van der Waals surface area contributed by atoms with Crippen molar-refractivity contribution < 1.29 is 27.0 Å². The van der Waals surface area contributed by atoms with Crippen molar-refractivity contribution in [3.8, 4) is 22.3 Å². The van der Waals surface area contributed by atoms with Crippen LogP contribution in [0.15, 0.2) is 61.2 Å². The second kappa shape index (κ2) is 9.89. The third kappa shape index (κ3) is 4.59.